The molecule has 0 amide bonds. The molecule has 1 rings (SSSR count). The fourth-order valence-corrected chi connectivity index (χ4v) is 1.74. The van der Waals surface area contributed by atoms with Gasteiger partial charge in [-0.05, 0) is 37.0 Å². The van der Waals surface area contributed by atoms with Crippen LogP contribution in [-0.2, 0) is 11.2 Å². The average molecular weight is 252 g/mol. The highest BCUT2D eigenvalue weighted by atomic mass is 16.5. The smallest absolute Gasteiger partial charge is 0.119 e. The van der Waals surface area contributed by atoms with E-state index in [9.17, 15) is 5.11 Å². The number of aliphatic hydroxyl groups excluding tert-OH is 1. The second kappa shape index (κ2) is 8.95. The maximum Gasteiger partial charge on any atom is 0.119 e. The summed E-state index contributed by atoms with van der Waals surface area (Å²) in [6.07, 6.45) is 3.21. The van der Waals surface area contributed by atoms with Gasteiger partial charge in [0.25, 0.3) is 0 Å². The van der Waals surface area contributed by atoms with E-state index in [1.54, 1.807) is 7.11 Å². The standard InChI is InChI=1S/C15H24O3/c1-3-4-9-18-10-8-14(16)11-13-6-5-7-15(12-13)17-2/h5-7,12,14,16H,3-4,8-11H2,1-2H3. The van der Waals surface area contributed by atoms with Crippen molar-refractivity contribution in [3.05, 3.63) is 29.8 Å². The molecule has 3 heteroatoms. The summed E-state index contributed by atoms with van der Waals surface area (Å²) >= 11 is 0. The molecule has 3 nitrogen and oxygen atoms in total. The second-order valence-corrected chi connectivity index (χ2v) is 4.46. The quantitative estimate of drug-likeness (QED) is 0.687. The molecule has 0 heterocycles. The van der Waals surface area contributed by atoms with Gasteiger partial charge in [0.15, 0.2) is 0 Å². The Labute approximate surface area is 110 Å². The van der Waals surface area contributed by atoms with Crippen molar-refractivity contribution in [2.24, 2.45) is 0 Å². The molecule has 0 aromatic heterocycles. The lowest BCUT2D eigenvalue weighted by Gasteiger charge is -2.11. The van der Waals surface area contributed by atoms with E-state index in [4.69, 9.17) is 9.47 Å². The summed E-state index contributed by atoms with van der Waals surface area (Å²) in [7, 11) is 1.65. The van der Waals surface area contributed by atoms with Crippen LogP contribution in [0.15, 0.2) is 24.3 Å². The molecule has 0 saturated heterocycles. The minimum absolute atomic E-state index is 0.348. The number of hydrogen-bond donors (Lipinski definition) is 1. The average Bonchev–Trinajstić information content (AvgIpc) is 2.38. The van der Waals surface area contributed by atoms with Crippen LogP contribution in [0.25, 0.3) is 0 Å². The van der Waals surface area contributed by atoms with Gasteiger partial charge in [-0.3, -0.25) is 0 Å². The van der Waals surface area contributed by atoms with Gasteiger partial charge < -0.3 is 14.6 Å². The van der Waals surface area contributed by atoms with E-state index in [0.717, 1.165) is 30.8 Å². The predicted octanol–water partition coefficient (Wildman–Crippen LogP) is 2.81. The van der Waals surface area contributed by atoms with Crippen molar-refractivity contribution in [3.63, 3.8) is 0 Å². The van der Waals surface area contributed by atoms with Gasteiger partial charge in [0.05, 0.1) is 13.2 Å². The molecule has 0 spiro atoms. The van der Waals surface area contributed by atoms with Crippen molar-refractivity contribution in [2.45, 2.75) is 38.7 Å². The Morgan fingerprint density at radius 3 is 2.83 bits per heavy atom. The van der Waals surface area contributed by atoms with Crippen molar-refractivity contribution in [3.8, 4) is 5.75 Å². The zero-order valence-electron chi connectivity index (χ0n) is 11.4. The highest BCUT2D eigenvalue weighted by Crippen LogP contribution is 2.14. The Hall–Kier alpha value is -1.06. The lowest BCUT2D eigenvalue weighted by atomic mass is 10.1. The lowest BCUT2D eigenvalue weighted by molar-refractivity contribution is 0.0807. The van der Waals surface area contributed by atoms with Crippen LogP contribution in [0.2, 0.25) is 0 Å². The van der Waals surface area contributed by atoms with Gasteiger partial charge >= 0.3 is 0 Å². The third kappa shape index (κ3) is 6.03. The van der Waals surface area contributed by atoms with Crippen LogP contribution < -0.4 is 4.74 Å². The molecule has 0 fully saturated rings. The first-order chi connectivity index (χ1) is 8.76. The lowest BCUT2D eigenvalue weighted by Crippen LogP contribution is -2.14. The van der Waals surface area contributed by atoms with E-state index in [0.29, 0.717) is 19.4 Å². The molecule has 102 valence electrons. The van der Waals surface area contributed by atoms with E-state index in [-0.39, 0.29) is 6.10 Å². The maximum absolute atomic E-state index is 9.90. The summed E-state index contributed by atoms with van der Waals surface area (Å²) < 4.78 is 10.6. The van der Waals surface area contributed by atoms with Crippen LogP contribution in [0, 0.1) is 0 Å². The largest absolute Gasteiger partial charge is 0.497 e. The van der Waals surface area contributed by atoms with Crippen LogP contribution in [0.5, 0.6) is 5.75 Å². The number of hydrogen-bond acceptors (Lipinski definition) is 3. The molecule has 0 aliphatic heterocycles. The molecule has 1 N–H and O–H groups in total. The van der Waals surface area contributed by atoms with E-state index in [1.807, 2.05) is 24.3 Å². The van der Waals surface area contributed by atoms with E-state index in [1.165, 1.54) is 0 Å². The molecule has 0 radical (unpaired) electrons. The highest BCUT2D eigenvalue weighted by molar-refractivity contribution is 5.28. The highest BCUT2D eigenvalue weighted by Gasteiger charge is 2.06. The Morgan fingerprint density at radius 2 is 2.11 bits per heavy atom. The SMILES string of the molecule is CCCCOCCC(O)Cc1cccc(OC)c1. The number of ether oxygens (including phenoxy) is 2. The molecule has 18 heavy (non-hydrogen) atoms. The van der Waals surface area contributed by atoms with Crippen LogP contribution in [-0.4, -0.2) is 31.5 Å². The minimum atomic E-state index is -0.348. The predicted molar refractivity (Wildman–Crippen MR) is 73.0 cm³/mol. The van der Waals surface area contributed by atoms with Crippen LogP contribution >= 0.6 is 0 Å². The van der Waals surface area contributed by atoms with Gasteiger partial charge in [0.1, 0.15) is 5.75 Å². The topological polar surface area (TPSA) is 38.7 Å². The summed E-state index contributed by atoms with van der Waals surface area (Å²) in [6.45, 7) is 3.56. The molecular formula is C15H24O3. The summed E-state index contributed by atoms with van der Waals surface area (Å²) in [6, 6.07) is 7.81. The summed E-state index contributed by atoms with van der Waals surface area (Å²) in [5.41, 5.74) is 1.09. The first-order valence-corrected chi connectivity index (χ1v) is 6.65. The number of aliphatic hydroxyl groups is 1. The second-order valence-electron chi connectivity index (χ2n) is 4.46. The third-order valence-electron chi connectivity index (χ3n) is 2.84. The Bertz CT molecular complexity index is 325. The third-order valence-corrected chi connectivity index (χ3v) is 2.84. The van der Waals surface area contributed by atoms with Gasteiger partial charge in [0, 0.05) is 13.2 Å². The van der Waals surface area contributed by atoms with Gasteiger partial charge in [0.2, 0.25) is 0 Å². The minimum Gasteiger partial charge on any atom is -0.497 e. The fraction of sp³-hybridized carbons (Fsp3) is 0.600. The van der Waals surface area contributed by atoms with Crippen molar-refractivity contribution in [1.82, 2.24) is 0 Å². The molecule has 0 aliphatic carbocycles. The van der Waals surface area contributed by atoms with Gasteiger partial charge in [-0.2, -0.15) is 0 Å². The number of rotatable bonds is 9. The maximum atomic E-state index is 9.90. The van der Waals surface area contributed by atoms with Crippen LogP contribution in [0.1, 0.15) is 31.7 Å². The summed E-state index contributed by atoms with van der Waals surface area (Å²) in [4.78, 5) is 0. The number of methoxy groups -OCH3 is 1. The summed E-state index contributed by atoms with van der Waals surface area (Å²) in [5, 5.41) is 9.90. The number of benzene rings is 1. The molecule has 1 aromatic rings. The monoisotopic (exact) mass is 252 g/mol. The Kier molecular flexibility index (Phi) is 7.46. The molecular weight excluding hydrogens is 228 g/mol. The van der Waals surface area contributed by atoms with Crippen molar-refractivity contribution in [2.75, 3.05) is 20.3 Å². The molecule has 1 unspecified atom stereocenters. The van der Waals surface area contributed by atoms with Crippen LogP contribution in [0.3, 0.4) is 0 Å². The summed E-state index contributed by atoms with van der Waals surface area (Å²) in [5.74, 6) is 0.832. The zero-order valence-corrected chi connectivity index (χ0v) is 11.4. The van der Waals surface area contributed by atoms with Crippen molar-refractivity contribution in [1.29, 1.82) is 0 Å². The van der Waals surface area contributed by atoms with Crippen LogP contribution in [0.4, 0.5) is 0 Å². The first-order valence-electron chi connectivity index (χ1n) is 6.65. The normalized spacial score (nSPS) is 12.4. The molecule has 1 atom stereocenters. The molecule has 1 aromatic carbocycles. The number of unbranched alkanes of at least 4 members (excludes halogenated alkanes) is 1. The molecule has 0 bridgehead atoms. The van der Waals surface area contributed by atoms with Crippen molar-refractivity contribution >= 4 is 0 Å². The van der Waals surface area contributed by atoms with E-state index < -0.39 is 0 Å². The first kappa shape index (κ1) is 15.0. The molecule has 0 aliphatic rings. The fourth-order valence-electron chi connectivity index (χ4n) is 1.74. The Morgan fingerprint density at radius 1 is 1.28 bits per heavy atom. The van der Waals surface area contributed by atoms with Gasteiger partial charge in [-0.1, -0.05) is 25.5 Å². The molecule has 0 saturated carbocycles. The van der Waals surface area contributed by atoms with E-state index >= 15 is 0 Å². The van der Waals surface area contributed by atoms with E-state index in [2.05, 4.69) is 6.92 Å². The van der Waals surface area contributed by atoms with Crippen molar-refractivity contribution < 1.29 is 14.6 Å². The van der Waals surface area contributed by atoms with Gasteiger partial charge in [-0.15, -0.1) is 0 Å². The van der Waals surface area contributed by atoms with Gasteiger partial charge in [-0.25, -0.2) is 0 Å². The zero-order chi connectivity index (χ0) is 13.2. The Balaban J connectivity index is 2.24.